The van der Waals surface area contributed by atoms with Crippen LogP contribution in [0.3, 0.4) is 0 Å². The molecule has 62 valence electrons. The van der Waals surface area contributed by atoms with Crippen LogP contribution in [0.1, 0.15) is 25.7 Å². The van der Waals surface area contributed by atoms with E-state index >= 15 is 0 Å². The first-order chi connectivity index (χ1) is 4.91. The summed E-state index contributed by atoms with van der Waals surface area (Å²) in [6.45, 7) is 0. The number of hydrogen-bond acceptors (Lipinski definition) is 2. The first kappa shape index (κ1) is 10.8. The van der Waals surface area contributed by atoms with Gasteiger partial charge in [0.25, 0.3) is 0 Å². The van der Waals surface area contributed by atoms with E-state index in [4.69, 9.17) is 9.79 Å². The average molecular weight is 182 g/mol. The molecule has 0 aromatic heterocycles. The van der Waals surface area contributed by atoms with Crippen LogP contribution in [0.5, 0.6) is 0 Å². The monoisotopic (exact) mass is 182 g/mol. The summed E-state index contributed by atoms with van der Waals surface area (Å²) in [7, 11) is 0.245. The predicted molar refractivity (Wildman–Crippen MR) is 49.3 cm³/mol. The Labute approximate surface area is 66.2 Å². The second kappa shape index (κ2) is 9.78. The summed E-state index contributed by atoms with van der Waals surface area (Å²) in [6, 6.07) is 0. The van der Waals surface area contributed by atoms with E-state index < -0.39 is 0 Å². The average Bonchev–Trinajstić information content (AvgIpc) is 1.97. The van der Waals surface area contributed by atoms with E-state index in [-0.39, 0.29) is 17.6 Å². The third kappa shape index (κ3) is 8.78. The molecule has 0 aliphatic heterocycles. The third-order valence-corrected chi connectivity index (χ3v) is 2.48. The van der Waals surface area contributed by atoms with Crippen molar-refractivity contribution in [3.05, 3.63) is 0 Å². The molecule has 0 aliphatic rings. The Kier molecular flexibility index (Phi) is 10.5. The molecule has 0 heterocycles. The molecule has 10 heavy (non-hydrogen) atoms. The van der Waals surface area contributed by atoms with Gasteiger partial charge in [0.05, 0.1) is 0 Å². The first-order valence-corrected chi connectivity index (χ1v) is 5.96. The van der Waals surface area contributed by atoms with Gasteiger partial charge in [-0.25, -0.2) is 0 Å². The van der Waals surface area contributed by atoms with Gasteiger partial charge in [-0.1, -0.05) is 12.8 Å². The van der Waals surface area contributed by atoms with Crippen molar-refractivity contribution in [2.45, 2.75) is 25.7 Å². The van der Waals surface area contributed by atoms with Crippen LogP contribution in [0, 0.1) is 0 Å². The van der Waals surface area contributed by atoms with Crippen LogP contribution < -0.4 is 0 Å². The van der Waals surface area contributed by atoms with Crippen LogP contribution in [0.2, 0.25) is 0 Å². The van der Waals surface area contributed by atoms with Gasteiger partial charge in [0, 0.05) is 17.6 Å². The highest BCUT2D eigenvalue weighted by atomic mass is 31.1. The maximum Gasteiger partial charge on any atom is 0.0107 e. The summed E-state index contributed by atoms with van der Waals surface area (Å²) >= 11 is 0. The van der Waals surface area contributed by atoms with E-state index in [1.54, 1.807) is 0 Å². The Hall–Kier alpha value is 0.780. The van der Waals surface area contributed by atoms with E-state index in [0.717, 1.165) is 25.2 Å². The lowest BCUT2D eigenvalue weighted by atomic mass is 10.2. The molecule has 0 spiro atoms. The van der Waals surface area contributed by atoms with Gasteiger partial charge in [0.15, 0.2) is 0 Å². The molecular formula is C6H16O2P2. The molecule has 0 bridgehead atoms. The maximum absolute atomic E-state index is 8.46. The molecule has 0 aromatic rings. The molecule has 2 unspecified atom stereocenters. The van der Waals surface area contributed by atoms with E-state index in [1.807, 2.05) is 0 Å². The van der Waals surface area contributed by atoms with Crippen molar-refractivity contribution in [3.8, 4) is 0 Å². The standard InChI is InChI=1S/C6H16O2P2/c7-9-5-3-1-2-4-6-10-8/h7-10H,1-6H2. The Balaban J connectivity index is 2.65. The third-order valence-electron chi connectivity index (χ3n) is 1.33. The molecule has 0 saturated heterocycles. The summed E-state index contributed by atoms with van der Waals surface area (Å²) < 4.78 is 0. The highest BCUT2D eigenvalue weighted by molar-refractivity contribution is 7.31. The molecule has 0 radical (unpaired) electrons. The minimum atomic E-state index is 0.122. The fourth-order valence-electron chi connectivity index (χ4n) is 0.762. The molecule has 2 N–H and O–H groups in total. The van der Waals surface area contributed by atoms with Crippen LogP contribution >= 0.6 is 17.6 Å². The van der Waals surface area contributed by atoms with Gasteiger partial charge in [-0.2, -0.15) is 0 Å². The molecule has 0 saturated carbocycles. The summed E-state index contributed by atoms with van der Waals surface area (Å²) in [5.41, 5.74) is 0. The highest BCUT2D eigenvalue weighted by Gasteiger charge is 1.88. The van der Waals surface area contributed by atoms with Gasteiger partial charge in [-0.05, 0) is 25.2 Å². The van der Waals surface area contributed by atoms with Crippen LogP contribution in [0.4, 0.5) is 0 Å². The van der Waals surface area contributed by atoms with Crippen molar-refractivity contribution >= 4 is 17.6 Å². The molecule has 0 aromatic carbocycles. The summed E-state index contributed by atoms with van der Waals surface area (Å²) in [5, 5.41) is 0. The highest BCUT2D eigenvalue weighted by Crippen LogP contribution is 2.11. The Bertz CT molecular complexity index is 53.7. The zero-order valence-electron chi connectivity index (χ0n) is 6.14. The summed E-state index contributed by atoms with van der Waals surface area (Å²) in [4.78, 5) is 16.9. The summed E-state index contributed by atoms with van der Waals surface area (Å²) in [5.74, 6) is 0. The largest absolute Gasteiger partial charge is 0.377 e. The van der Waals surface area contributed by atoms with Crippen molar-refractivity contribution in [1.29, 1.82) is 0 Å². The zero-order valence-corrected chi connectivity index (χ0v) is 8.14. The minimum absolute atomic E-state index is 0.122. The van der Waals surface area contributed by atoms with Crippen molar-refractivity contribution < 1.29 is 9.79 Å². The van der Waals surface area contributed by atoms with E-state index in [0.29, 0.717) is 0 Å². The van der Waals surface area contributed by atoms with Crippen molar-refractivity contribution in [1.82, 2.24) is 0 Å². The van der Waals surface area contributed by atoms with Crippen LogP contribution in [-0.4, -0.2) is 22.1 Å². The molecule has 0 aliphatic carbocycles. The molecule has 0 fully saturated rings. The smallest absolute Gasteiger partial charge is 0.0107 e. The number of rotatable bonds is 7. The van der Waals surface area contributed by atoms with Crippen molar-refractivity contribution in [3.63, 3.8) is 0 Å². The van der Waals surface area contributed by atoms with E-state index in [2.05, 4.69) is 0 Å². The van der Waals surface area contributed by atoms with Gasteiger partial charge < -0.3 is 9.79 Å². The number of unbranched alkanes of at least 4 members (excludes halogenated alkanes) is 3. The lowest BCUT2D eigenvalue weighted by Gasteiger charge is -1.97. The maximum atomic E-state index is 8.46. The van der Waals surface area contributed by atoms with Crippen molar-refractivity contribution in [2.24, 2.45) is 0 Å². The molecule has 0 rings (SSSR count). The molecule has 2 atom stereocenters. The van der Waals surface area contributed by atoms with Crippen LogP contribution in [0.25, 0.3) is 0 Å². The second-order valence-corrected chi connectivity index (χ2v) is 3.86. The minimum Gasteiger partial charge on any atom is -0.377 e. The quantitative estimate of drug-likeness (QED) is 0.465. The Morgan fingerprint density at radius 1 is 0.700 bits per heavy atom. The van der Waals surface area contributed by atoms with Gasteiger partial charge in [0.1, 0.15) is 0 Å². The number of hydrogen-bond donors (Lipinski definition) is 2. The molecular weight excluding hydrogens is 166 g/mol. The molecule has 2 nitrogen and oxygen atoms in total. The fourth-order valence-corrected chi connectivity index (χ4v) is 1.58. The Morgan fingerprint density at radius 3 is 1.40 bits per heavy atom. The van der Waals surface area contributed by atoms with Gasteiger partial charge in [-0.15, -0.1) is 0 Å². The molecule has 4 heteroatoms. The topological polar surface area (TPSA) is 40.5 Å². The molecule has 0 amide bonds. The fraction of sp³-hybridized carbons (Fsp3) is 1.00. The zero-order chi connectivity index (χ0) is 7.66. The first-order valence-electron chi connectivity index (χ1n) is 3.65. The normalized spacial score (nSPS) is 12.6. The van der Waals surface area contributed by atoms with Crippen molar-refractivity contribution in [2.75, 3.05) is 12.3 Å². The van der Waals surface area contributed by atoms with Crippen LogP contribution in [0.15, 0.2) is 0 Å². The van der Waals surface area contributed by atoms with E-state index in [9.17, 15) is 0 Å². The lowest BCUT2D eigenvalue weighted by molar-refractivity contribution is 0.624. The van der Waals surface area contributed by atoms with Crippen LogP contribution in [-0.2, 0) is 0 Å². The lowest BCUT2D eigenvalue weighted by Crippen LogP contribution is -1.81. The summed E-state index contributed by atoms with van der Waals surface area (Å²) in [6.07, 6.45) is 6.62. The SMILES string of the molecule is OPCCCCCCPO. The second-order valence-electron chi connectivity index (χ2n) is 2.23. The van der Waals surface area contributed by atoms with E-state index in [1.165, 1.54) is 12.8 Å². The Morgan fingerprint density at radius 2 is 1.10 bits per heavy atom. The predicted octanol–water partition coefficient (Wildman–Crippen LogP) is 1.72. The van der Waals surface area contributed by atoms with Gasteiger partial charge >= 0.3 is 0 Å². The van der Waals surface area contributed by atoms with Gasteiger partial charge in [-0.3, -0.25) is 0 Å². The van der Waals surface area contributed by atoms with Gasteiger partial charge in [0.2, 0.25) is 0 Å².